The van der Waals surface area contributed by atoms with E-state index in [0.717, 1.165) is 26.2 Å². The Morgan fingerprint density at radius 1 is 0.667 bits per heavy atom. The van der Waals surface area contributed by atoms with Crippen molar-refractivity contribution in [3.63, 3.8) is 0 Å². The summed E-state index contributed by atoms with van der Waals surface area (Å²) in [5.41, 5.74) is 4.71. The number of rotatable bonds is 1. The smallest absolute Gasteiger partial charge is 0.873 e. The molecule has 4 heterocycles. The van der Waals surface area contributed by atoms with E-state index in [2.05, 4.69) is 87.9 Å². The van der Waals surface area contributed by atoms with Gasteiger partial charge in [0.2, 0.25) is 0 Å². The van der Waals surface area contributed by atoms with Crippen LogP contribution in [-0.4, -0.2) is 9.97 Å². The van der Waals surface area contributed by atoms with Crippen molar-refractivity contribution in [3.05, 3.63) is 84.2 Å². The van der Waals surface area contributed by atoms with Gasteiger partial charge in [-0.2, -0.15) is 5.26 Å². The first-order chi connectivity index (χ1) is 19.3. The molecule has 42 heavy (non-hydrogen) atoms. The summed E-state index contributed by atoms with van der Waals surface area (Å²) in [7, 11) is 0. The van der Waals surface area contributed by atoms with E-state index < -0.39 is 11.5 Å². The van der Waals surface area contributed by atoms with Crippen LogP contribution in [0.4, 0.5) is 0 Å². The van der Waals surface area contributed by atoms with Crippen LogP contribution in [0.5, 0.6) is 11.5 Å². The SMILES string of the molecule is CC#N.CC(C)(C)c1ccnc(-c2cc(C(C)(C)C)ccn2)c1.[O-]c1cc2sc3c4ccccc4sc3c2cc1[O-].[Pd+2]. The van der Waals surface area contributed by atoms with E-state index in [0.29, 0.717) is 0 Å². The van der Waals surface area contributed by atoms with Crippen molar-refractivity contribution in [1.82, 2.24) is 9.97 Å². The molecule has 0 aliphatic rings. The van der Waals surface area contributed by atoms with Gasteiger partial charge in [0.25, 0.3) is 0 Å². The molecule has 4 aromatic heterocycles. The zero-order chi connectivity index (χ0) is 29.9. The quantitative estimate of drug-likeness (QED) is 0.161. The van der Waals surface area contributed by atoms with Gasteiger partial charge in [0.15, 0.2) is 0 Å². The van der Waals surface area contributed by atoms with Crippen LogP contribution in [0.25, 0.3) is 41.0 Å². The van der Waals surface area contributed by atoms with Gasteiger partial charge >= 0.3 is 20.4 Å². The molecule has 0 N–H and O–H groups in total. The molecule has 0 unspecified atom stereocenters. The summed E-state index contributed by atoms with van der Waals surface area (Å²) in [6.45, 7) is 14.7. The summed E-state index contributed by atoms with van der Waals surface area (Å²) in [4.78, 5) is 8.97. The summed E-state index contributed by atoms with van der Waals surface area (Å²) in [5.74, 6) is -0.833. The van der Waals surface area contributed by atoms with Crippen molar-refractivity contribution in [1.29, 1.82) is 5.26 Å². The Labute approximate surface area is 269 Å². The van der Waals surface area contributed by atoms with Crippen LogP contribution in [0.1, 0.15) is 59.6 Å². The molecule has 0 bridgehead atoms. The molecule has 0 radical (unpaired) electrons. The first-order valence-corrected chi connectivity index (χ1v) is 14.9. The molecule has 8 heteroatoms. The standard InChI is InChI=1S/C18H24N2.C14H8O2S2.C2H3N.Pd/c1-17(2,3)13-7-9-19-15(11-13)16-12-14(8-10-20-16)18(4,5)6;15-9-5-8-12(6-10(9)16)18-13-7-3-1-2-4-11(7)17-14(8)13;1-2-3;/h7-12H,1-6H3;1-6,15-16H;1H3;/q;;;+2/p-2. The molecule has 0 aliphatic heterocycles. The van der Waals surface area contributed by atoms with Crippen molar-refractivity contribution in [2.24, 2.45) is 0 Å². The molecule has 0 amide bonds. The van der Waals surface area contributed by atoms with Crippen molar-refractivity contribution in [2.75, 3.05) is 0 Å². The second-order valence-electron chi connectivity index (χ2n) is 11.7. The minimum Gasteiger partial charge on any atom is -0.873 e. The molecule has 5 nitrogen and oxygen atoms in total. The van der Waals surface area contributed by atoms with Gasteiger partial charge < -0.3 is 10.2 Å². The molecule has 0 saturated heterocycles. The van der Waals surface area contributed by atoms with Gasteiger partial charge in [-0.1, -0.05) is 71.9 Å². The fourth-order valence-corrected chi connectivity index (χ4v) is 6.94. The fraction of sp³-hybridized carbons (Fsp3) is 0.265. The molecular weight excluding hydrogens is 653 g/mol. The van der Waals surface area contributed by atoms with E-state index in [1.807, 2.05) is 24.5 Å². The van der Waals surface area contributed by atoms with Crippen molar-refractivity contribution < 1.29 is 30.6 Å². The van der Waals surface area contributed by atoms with Gasteiger partial charge in [-0.15, -0.1) is 34.2 Å². The van der Waals surface area contributed by atoms with Gasteiger partial charge in [0.1, 0.15) is 0 Å². The molecule has 6 rings (SSSR count). The van der Waals surface area contributed by atoms with E-state index in [1.54, 1.807) is 28.7 Å². The third-order valence-electron chi connectivity index (χ3n) is 6.57. The van der Waals surface area contributed by atoms with Gasteiger partial charge in [-0.05, 0) is 52.3 Å². The number of aromatic nitrogens is 2. The van der Waals surface area contributed by atoms with Gasteiger partial charge in [-0.3, -0.25) is 9.97 Å². The maximum atomic E-state index is 11.5. The number of hydrogen-bond donors (Lipinski definition) is 0. The summed E-state index contributed by atoms with van der Waals surface area (Å²) in [5, 5.41) is 32.3. The van der Waals surface area contributed by atoms with Crippen LogP contribution >= 0.6 is 22.7 Å². The number of nitriles is 1. The maximum absolute atomic E-state index is 11.5. The molecule has 0 aliphatic carbocycles. The van der Waals surface area contributed by atoms with E-state index in [9.17, 15) is 10.2 Å². The van der Waals surface area contributed by atoms with Crippen molar-refractivity contribution in [2.45, 2.75) is 59.3 Å². The molecule has 0 fully saturated rings. The number of pyridine rings is 2. The van der Waals surface area contributed by atoms with Crippen LogP contribution in [0, 0.1) is 11.3 Å². The molecular formula is C34H33N3O2PdS2. The largest absolute Gasteiger partial charge is 2.00 e. The van der Waals surface area contributed by atoms with Crippen molar-refractivity contribution >= 4 is 52.2 Å². The van der Waals surface area contributed by atoms with Crippen LogP contribution in [0.15, 0.2) is 73.1 Å². The first-order valence-electron chi connectivity index (χ1n) is 13.3. The Morgan fingerprint density at radius 3 is 1.64 bits per heavy atom. The second-order valence-corrected chi connectivity index (χ2v) is 13.8. The third kappa shape index (κ3) is 7.35. The topological polar surface area (TPSA) is 95.7 Å². The van der Waals surface area contributed by atoms with Crippen LogP contribution < -0.4 is 10.2 Å². The molecule has 6 aromatic rings. The average molecular weight is 686 g/mol. The van der Waals surface area contributed by atoms with Crippen LogP contribution in [0.2, 0.25) is 0 Å². The number of hydrogen-bond acceptors (Lipinski definition) is 7. The zero-order valence-electron chi connectivity index (χ0n) is 24.7. The number of thiophene rings is 2. The predicted octanol–water partition coefficient (Wildman–Crippen LogP) is 8.68. The van der Waals surface area contributed by atoms with E-state index in [-0.39, 0.29) is 31.3 Å². The molecule has 0 spiro atoms. The maximum Gasteiger partial charge on any atom is 2.00 e. The minimum atomic E-state index is -0.417. The first kappa shape index (κ1) is 33.2. The van der Waals surface area contributed by atoms with E-state index in [1.165, 1.54) is 45.0 Å². The Morgan fingerprint density at radius 2 is 1.12 bits per heavy atom. The Kier molecular flexibility index (Phi) is 10.5. The number of nitrogens with zero attached hydrogens (tertiary/aromatic N) is 3. The monoisotopic (exact) mass is 685 g/mol. The minimum absolute atomic E-state index is 0. The molecule has 2 aromatic carbocycles. The fourth-order valence-electron chi connectivity index (χ4n) is 4.29. The van der Waals surface area contributed by atoms with Crippen LogP contribution in [0.3, 0.4) is 0 Å². The molecule has 218 valence electrons. The normalized spacial score (nSPS) is 11.2. The summed E-state index contributed by atoms with van der Waals surface area (Å²) >= 11 is 3.27. The van der Waals surface area contributed by atoms with Crippen molar-refractivity contribution in [3.8, 4) is 29.0 Å². The van der Waals surface area contributed by atoms with Crippen LogP contribution in [-0.2, 0) is 31.3 Å². The third-order valence-corrected chi connectivity index (χ3v) is 9.09. The van der Waals surface area contributed by atoms with Gasteiger partial charge in [0, 0.05) is 39.5 Å². The average Bonchev–Trinajstić information content (AvgIpc) is 3.45. The van der Waals surface area contributed by atoms with E-state index >= 15 is 0 Å². The Balaban J connectivity index is 0.000000207. The molecule has 0 atom stereocenters. The summed E-state index contributed by atoms with van der Waals surface area (Å²) in [6.07, 6.45) is 3.75. The number of fused-ring (bicyclic) bond motifs is 5. The Bertz CT molecular complexity index is 1820. The molecule has 0 saturated carbocycles. The number of benzene rings is 2. The van der Waals surface area contributed by atoms with Gasteiger partial charge in [-0.25, -0.2) is 0 Å². The van der Waals surface area contributed by atoms with E-state index in [4.69, 9.17) is 5.26 Å². The predicted molar refractivity (Wildman–Crippen MR) is 170 cm³/mol. The Hall–Kier alpha value is -3.33. The zero-order valence-corrected chi connectivity index (χ0v) is 27.9. The summed E-state index contributed by atoms with van der Waals surface area (Å²) in [6, 6.07) is 21.3. The van der Waals surface area contributed by atoms with Gasteiger partial charge in [0.05, 0.1) is 26.9 Å². The summed E-state index contributed by atoms with van der Waals surface area (Å²) < 4.78 is 4.43. The second kappa shape index (κ2) is 13.3.